The van der Waals surface area contributed by atoms with Crippen LogP contribution < -0.4 is 0 Å². The van der Waals surface area contributed by atoms with Crippen molar-refractivity contribution >= 4 is 5.57 Å². The number of aromatic nitrogens is 1. The molecule has 0 aliphatic heterocycles. The van der Waals surface area contributed by atoms with E-state index in [2.05, 4.69) is 11.6 Å². The van der Waals surface area contributed by atoms with Crippen LogP contribution in [0.25, 0.3) is 5.57 Å². The van der Waals surface area contributed by atoms with Crippen molar-refractivity contribution < 1.29 is 14.9 Å². The lowest BCUT2D eigenvalue weighted by Crippen LogP contribution is -2.38. The van der Waals surface area contributed by atoms with Crippen molar-refractivity contribution in [2.24, 2.45) is 5.92 Å². The summed E-state index contributed by atoms with van der Waals surface area (Å²) in [5, 5.41) is 20.4. The Hall–Kier alpha value is -2.17. The predicted molar refractivity (Wildman–Crippen MR) is 90.9 cm³/mol. The Morgan fingerprint density at radius 3 is 2.39 bits per heavy atom. The van der Waals surface area contributed by atoms with Crippen LogP contribution >= 0.6 is 0 Å². The number of hydrogen-bond acceptors (Lipinski definition) is 4. The third-order valence-electron chi connectivity index (χ3n) is 4.23. The van der Waals surface area contributed by atoms with Gasteiger partial charge in [-0.25, -0.2) is 0 Å². The van der Waals surface area contributed by atoms with Crippen molar-refractivity contribution in [3.05, 3.63) is 66.5 Å². The highest BCUT2D eigenvalue weighted by Crippen LogP contribution is 2.41. The molecule has 2 N–H and O–H groups in total. The molecule has 0 radical (unpaired) electrons. The maximum atomic E-state index is 10.9. The van der Waals surface area contributed by atoms with Gasteiger partial charge in [0.2, 0.25) is 0 Å². The summed E-state index contributed by atoms with van der Waals surface area (Å²) in [4.78, 5) is 4.08. The van der Waals surface area contributed by atoms with Crippen LogP contribution in [-0.4, -0.2) is 27.9 Å². The van der Waals surface area contributed by atoms with E-state index in [1.165, 1.54) is 0 Å². The summed E-state index contributed by atoms with van der Waals surface area (Å²) in [6.07, 6.45) is 2.51. The molecule has 2 unspecified atom stereocenters. The summed E-state index contributed by atoms with van der Waals surface area (Å²) < 4.78 is 5.62. The van der Waals surface area contributed by atoms with E-state index in [0.717, 1.165) is 11.1 Å². The van der Waals surface area contributed by atoms with Crippen LogP contribution in [0.1, 0.15) is 31.1 Å². The molecule has 4 heteroatoms. The molecule has 2 rings (SSSR count). The average molecular weight is 313 g/mol. The number of aromatic hydroxyl groups is 1. The number of aliphatic hydroxyl groups excluding tert-OH is 1. The molecule has 0 saturated heterocycles. The minimum absolute atomic E-state index is 0.192. The van der Waals surface area contributed by atoms with Crippen LogP contribution in [0.4, 0.5) is 0 Å². The van der Waals surface area contributed by atoms with Crippen LogP contribution in [0.15, 0.2) is 55.4 Å². The van der Waals surface area contributed by atoms with Gasteiger partial charge in [-0.15, -0.1) is 0 Å². The van der Waals surface area contributed by atoms with E-state index in [9.17, 15) is 10.2 Å². The fourth-order valence-electron chi connectivity index (χ4n) is 2.72. The summed E-state index contributed by atoms with van der Waals surface area (Å²) in [7, 11) is 1.62. The smallest absolute Gasteiger partial charge is 0.115 e. The van der Waals surface area contributed by atoms with Gasteiger partial charge in [0.05, 0.1) is 11.7 Å². The van der Waals surface area contributed by atoms with Crippen molar-refractivity contribution in [2.45, 2.75) is 25.6 Å². The summed E-state index contributed by atoms with van der Waals surface area (Å²) in [6.45, 7) is 8.01. The lowest BCUT2D eigenvalue weighted by molar-refractivity contribution is -0.0523. The molecule has 1 aromatic carbocycles. The van der Waals surface area contributed by atoms with E-state index < -0.39 is 11.7 Å². The molecule has 0 bridgehead atoms. The van der Waals surface area contributed by atoms with Crippen molar-refractivity contribution in [2.75, 3.05) is 7.11 Å². The Labute approximate surface area is 137 Å². The lowest BCUT2D eigenvalue weighted by Gasteiger charge is -2.38. The molecule has 0 saturated carbocycles. The molecule has 4 nitrogen and oxygen atoms in total. The van der Waals surface area contributed by atoms with Crippen molar-refractivity contribution in [1.82, 2.24) is 4.98 Å². The molecule has 23 heavy (non-hydrogen) atoms. The Morgan fingerprint density at radius 2 is 1.87 bits per heavy atom. The van der Waals surface area contributed by atoms with Gasteiger partial charge < -0.3 is 14.9 Å². The van der Waals surface area contributed by atoms with Crippen molar-refractivity contribution in [3.8, 4) is 5.75 Å². The second-order valence-electron chi connectivity index (χ2n) is 6.09. The van der Waals surface area contributed by atoms with E-state index in [4.69, 9.17) is 4.74 Å². The number of rotatable bonds is 6. The van der Waals surface area contributed by atoms with E-state index in [1.54, 1.807) is 49.8 Å². The fourth-order valence-corrected chi connectivity index (χ4v) is 2.72. The molecule has 0 spiro atoms. The first-order valence-corrected chi connectivity index (χ1v) is 7.48. The molecular weight excluding hydrogens is 290 g/mol. The Kier molecular flexibility index (Phi) is 5.19. The van der Waals surface area contributed by atoms with E-state index in [1.807, 2.05) is 19.9 Å². The van der Waals surface area contributed by atoms with E-state index in [-0.39, 0.29) is 11.7 Å². The third-order valence-corrected chi connectivity index (χ3v) is 4.23. The normalized spacial score (nSPS) is 14.3. The monoisotopic (exact) mass is 313 g/mol. The van der Waals surface area contributed by atoms with Gasteiger partial charge in [0.15, 0.2) is 0 Å². The minimum Gasteiger partial charge on any atom is -0.508 e. The molecule has 0 amide bonds. The third kappa shape index (κ3) is 3.78. The number of benzene rings is 1. The maximum Gasteiger partial charge on any atom is 0.115 e. The SMILES string of the molecule is C=C(c1ccc(O)cc1)C(C(O)c1cccnc1)C(C)(C)OC. The highest BCUT2D eigenvalue weighted by Gasteiger charge is 2.38. The number of phenolic OH excluding ortho intramolecular Hbond substituents is 1. The van der Waals surface area contributed by atoms with Gasteiger partial charge in [-0.2, -0.15) is 0 Å². The lowest BCUT2D eigenvalue weighted by atomic mass is 9.76. The molecule has 0 fully saturated rings. The average Bonchev–Trinajstić information content (AvgIpc) is 2.56. The second kappa shape index (κ2) is 6.94. The van der Waals surface area contributed by atoms with Gasteiger partial charge in [0.1, 0.15) is 5.75 Å². The van der Waals surface area contributed by atoms with E-state index >= 15 is 0 Å². The number of aliphatic hydroxyl groups is 1. The molecular formula is C19H23NO3. The summed E-state index contributed by atoms with van der Waals surface area (Å²) in [6, 6.07) is 10.4. The molecule has 2 aromatic rings. The van der Waals surface area contributed by atoms with Crippen LogP contribution in [0.2, 0.25) is 0 Å². The fraction of sp³-hybridized carbons (Fsp3) is 0.316. The number of nitrogens with zero attached hydrogens (tertiary/aromatic N) is 1. The molecule has 2 atom stereocenters. The van der Waals surface area contributed by atoms with Gasteiger partial charge in [0, 0.05) is 25.4 Å². The molecule has 1 aromatic heterocycles. The second-order valence-corrected chi connectivity index (χ2v) is 6.09. The maximum absolute atomic E-state index is 10.9. The molecule has 0 aliphatic rings. The number of pyridine rings is 1. The standard InChI is InChI=1S/C19H23NO3/c1-13(14-7-9-16(21)10-8-14)17(19(2,3)23-4)18(22)15-6-5-11-20-12-15/h5-12,17-18,21-22H,1H2,2-4H3. The molecule has 0 aliphatic carbocycles. The van der Waals surface area contributed by atoms with E-state index in [0.29, 0.717) is 5.56 Å². The molecule has 1 heterocycles. The summed E-state index contributed by atoms with van der Waals surface area (Å²) in [5.74, 6) is -0.182. The van der Waals surface area contributed by atoms with Gasteiger partial charge >= 0.3 is 0 Å². The van der Waals surface area contributed by atoms with Gasteiger partial charge in [-0.3, -0.25) is 4.98 Å². The topological polar surface area (TPSA) is 62.6 Å². The molecule has 122 valence electrons. The summed E-state index contributed by atoms with van der Waals surface area (Å²) in [5.41, 5.74) is 1.67. The van der Waals surface area contributed by atoms with Crippen molar-refractivity contribution in [3.63, 3.8) is 0 Å². The minimum atomic E-state index is -0.806. The number of hydrogen-bond donors (Lipinski definition) is 2. The predicted octanol–water partition coefficient (Wildman–Crippen LogP) is 3.58. The Bertz CT molecular complexity index is 650. The van der Waals surface area contributed by atoms with Gasteiger partial charge in [-0.1, -0.05) is 24.8 Å². The quantitative estimate of drug-likeness (QED) is 0.855. The first-order chi connectivity index (χ1) is 10.9. The largest absolute Gasteiger partial charge is 0.508 e. The highest BCUT2D eigenvalue weighted by atomic mass is 16.5. The van der Waals surface area contributed by atoms with Gasteiger partial charge in [-0.05, 0) is 48.7 Å². The van der Waals surface area contributed by atoms with Crippen molar-refractivity contribution in [1.29, 1.82) is 0 Å². The first kappa shape index (κ1) is 17.2. The number of phenols is 1. The zero-order valence-corrected chi connectivity index (χ0v) is 13.7. The van der Waals surface area contributed by atoms with Crippen LogP contribution in [0, 0.1) is 5.92 Å². The zero-order chi connectivity index (χ0) is 17.0. The zero-order valence-electron chi connectivity index (χ0n) is 13.7. The number of methoxy groups -OCH3 is 1. The van der Waals surface area contributed by atoms with Gasteiger partial charge in [0.25, 0.3) is 0 Å². The first-order valence-electron chi connectivity index (χ1n) is 7.48. The summed E-state index contributed by atoms with van der Waals surface area (Å²) >= 11 is 0. The van der Waals surface area contributed by atoms with Crippen LogP contribution in [-0.2, 0) is 4.74 Å². The van der Waals surface area contributed by atoms with Crippen LogP contribution in [0.5, 0.6) is 5.75 Å². The Morgan fingerprint density at radius 1 is 1.22 bits per heavy atom. The number of ether oxygens (including phenoxy) is 1. The Balaban J connectivity index is 2.42. The highest BCUT2D eigenvalue weighted by molar-refractivity contribution is 5.67. The van der Waals surface area contributed by atoms with Crippen LogP contribution in [0.3, 0.4) is 0 Å².